The maximum absolute atomic E-state index is 5.41. The summed E-state index contributed by atoms with van der Waals surface area (Å²) in [4.78, 5) is 12.1. The Balaban J connectivity index is 1.54. The van der Waals surface area contributed by atoms with Crippen molar-refractivity contribution in [1.29, 1.82) is 0 Å². The van der Waals surface area contributed by atoms with Crippen LogP contribution in [0.5, 0.6) is 0 Å². The minimum Gasteiger partial charge on any atom is -0.379 e. The van der Waals surface area contributed by atoms with Gasteiger partial charge in [0.25, 0.3) is 0 Å². The van der Waals surface area contributed by atoms with Crippen molar-refractivity contribution in [1.82, 2.24) is 20.0 Å². The van der Waals surface area contributed by atoms with Crippen molar-refractivity contribution in [2.45, 2.75) is 19.9 Å². The molecule has 1 radical (unpaired) electrons. The van der Waals surface area contributed by atoms with Crippen LogP contribution in [-0.2, 0) is 4.74 Å². The van der Waals surface area contributed by atoms with Crippen molar-refractivity contribution >= 4 is 5.71 Å². The maximum atomic E-state index is 5.41. The molecule has 1 N–H and O–H groups in total. The third kappa shape index (κ3) is 4.00. The van der Waals surface area contributed by atoms with Crippen LogP contribution in [0.25, 0.3) is 0 Å². The summed E-state index contributed by atoms with van der Waals surface area (Å²) in [5.74, 6) is 0.984. The molecule has 6 nitrogen and oxygen atoms in total. The Bertz CT molecular complexity index is 420. The first-order valence-electron chi connectivity index (χ1n) is 8.44. The van der Waals surface area contributed by atoms with Crippen LogP contribution >= 0.6 is 0 Å². The van der Waals surface area contributed by atoms with Crippen molar-refractivity contribution in [3.05, 3.63) is 12.0 Å². The fourth-order valence-corrected chi connectivity index (χ4v) is 3.15. The SMILES string of the molecule is CC(C)N1CCN(C2=[C]NCC(CN3CCOCC3)=N2)CC1. The molecule has 3 aliphatic rings. The van der Waals surface area contributed by atoms with Gasteiger partial charge in [0.15, 0.2) is 5.82 Å². The molecular weight excluding hydrogens is 278 g/mol. The highest BCUT2D eigenvalue weighted by atomic mass is 16.5. The summed E-state index contributed by atoms with van der Waals surface area (Å²) in [5, 5.41) is 3.27. The van der Waals surface area contributed by atoms with Gasteiger partial charge in [0.2, 0.25) is 0 Å². The van der Waals surface area contributed by atoms with Crippen LogP contribution in [0.4, 0.5) is 0 Å². The molecule has 3 rings (SSSR count). The van der Waals surface area contributed by atoms with Crippen LogP contribution in [0.2, 0.25) is 0 Å². The van der Waals surface area contributed by atoms with Gasteiger partial charge >= 0.3 is 0 Å². The Morgan fingerprint density at radius 1 is 1.14 bits per heavy atom. The van der Waals surface area contributed by atoms with E-state index in [2.05, 4.69) is 40.1 Å². The van der Waals surface area contributed by atoms with E-state index in [1.807, 2.05) is 0 Å². The van der Waals surface area contributed by atoms with Gasteiger partial charge < -0.3 is 15.0 Å². The number of ether oxygens (including phenoxy) is 1. The van der Waals surface area contributed by atoms with E-state index in [-0.39, 0.29) is 0 Å². The standard InChI is InChI=1S/C16H28N5O/c1-14(2)20-3-5-21(6-4-20)16-12-17-11-15(18-16)13-19-7-9-22-10-8-19/h14,17H,3-11,13H2,1-2H3. The van der Waals surface area contributed by atoms with Gasteiger partial charge in [-0.25, -0.2) is 4.99 Å². The Hall–Kier alpha value is -1.11. The number of aliphatic imine (C=N–C) groups is 1. The number of piperazine rings is 1. The fourth-order valence-electron chi connectivity index (χ4n) is 3.15. The van der Waals surface area contributed by atoms with Gasteiger partial charge in [0.05, 0.1) is 25.5 Å². The van der Waals surface area contributed by atoms with E-state index in [1.165, 1.54) is 5.71 Å². The largest absolute Gasteiger partial charge is 0.379 e. The van der Waals surface area contributed by atoms with Gasteiger partial charge in [-0.1, -0.05) is 0 Å². The first-order valence-corrected chi connectivity index (χ1v) is 8.44. The molecule has 0 amide bonds. The molecule has 3 aliphatic heterocycles. The van der Waals surface area contributed by atoms with Crippen molar-refractivity contribution in [2.75, 3.05) is 65.6 Å². The molecule has 0 aromatic carbocycles. The Morgan fingerprint density at radius 3 is 2.55 bits per heavy atom. The highest BCUT2D eigenvalue weighted by Gasteiger charge is 2.22. The summed E-state index contributed by atoms with van der Waals surface area (Å²) in [6.45, 7) is 14.3. The third-order valence-electron chi connectivity index (χ3n) is 4.61. The van der Waals surface area contributed by atoms with E-state index >= 15 is 0 Å². The molecule has 0 bridgehead atoms. The lowest BCUT2D eigenvalue weighted by molar-refractivity contribution is 0.0451. The monoisotopic (exact) mass is 306 g/mol. The van der Waals surface area contributed by atoms with E-state index in [0.717, 1.165) is 71.4 Å². The molecule has 0 aromatic rings. The van der Waals surface area contributed by atoms with Gasteiger partial charge in [-0.3, -0.25) is 9.80 Å². The topological polar surface area (TPSA) is 43.3 Å². The van der Waals surface area contributed by atoms with E-state index in [1.54, 1.807) is 0 Å². The van der Waals surface area contributed by atoms with Crippen LogP contribution in [0.15, 0.2) is 10.8 Å². The van der Waals surface area contributed by atoms with Gasteiger partial charge in [-0.2, -0.15) is 0 Å². The lowest BCUT2D eigenvalue weighted by Gasteiger charge is -2.38. The van der Waals surface area contributed by atoms with Crippen molar-refractivity contribution in [3.8, 4) is 0 Å². The summed E-state index contributed by atoms with van der Waals surface area (Å²) in [5.41, 5.74) is 1.21. The van der Waals surface area contributed by atoms with E-state index in [4.69, 9.17) is 9.73 Å². The Labute approximate surface area is 133 Å². The molecule has 0 atom stereocenters. The zero-order chi connectivity index (χ0) is 15.4. The summed E-state index contributed by atoms with van der Waals surface area (Å²) in [6.07, 6.45) is 3.24. The van der Waals surface area contributed by atoms with Gasteiger partial charge in [0.1, 0.15) is 6.20 Å². The van der Waals surface area contributed by atoms with E-state index in [9.17, 15) is 0 Å². The number of hydrogen-bond donors (Lipinski definition) is 1. The van der Waals surface area contributed by atoms with Crippen LogP contribution in [0.3, 0.4) is 0 Å². The molecule has 3 heterocycles. The Morgan fingerprint density at radius 2 is 1.86 bits per heavy atom. The van der Waals surface area contributed by atoms with Crippen LogP contribution in [-0.4, -0.2) is 92.0 Å². The molecule has 0 unspecified atom stereocenters. The van der Waals surface area contributed by atoms with Gasteiger partial charge in [-0.15, -0.1) is 0 Å². The molecule has 2 fully saturated rings. The van der Waals surface area contributed by atoms with Crippen molar-refractivity contribution < 1.29 is 4.74 Å². The van der Waals surface area contributed by atoms with E-state index < -0.39 is 0 Å². The molecule has 22 heavy (non-hydrogen) atoms. The molecule has 0 aliphatic carbocycles. The second-order valence-corrected chi connectivity index (χ2v) is 6.49. The highest BCUT2D eigenvalue weighted by Crippen LogP contribution is 2.14. The quantitative estimate of drug-likeness (QED) is 0.791. The zero-order valence-electron chi connectivity index (χ0n) is 13.8. The first kappa shape index (κ1) is 15.8. The summed E-state index contributed by atoms with van der Waals surface area (Å²) in [7, 11) is 0. The summed E-state index contributed by atoms with van der Waals surface area (Å²) < 4.78 is 5.41. The molecule has 0 spiro atoms. The number of rotatable bonds is 4. The average Bonchev–Trinajstić information content (AvgIpc) is 2.56. The van der Waals surface area contributed by atoms with Gasteiger partial charge in [0, 0.05) is 51.9 Å². The second-order valence-electron chi connectivity index (χ2n) is 6.49. The maximum Gasteiger partial charge on any atom is 0.154 e. The zero-order valence-corrected chi connectivity index (χ0v) is 13.8. The molecule has 0 saturated carbocycles. The van der Waals surface area contributed by atoms with Gasteiger partial charge in [-0.05, 0) is 13.8 Å². The normalized spacial score (nSPS) is 25.0. The minimum absolute atomic E-state index is 0.630. The molecule has 123 valence electrons. The highest BCUT2D eigenvalue weighted by molar-refractivity contribution is 5.89. The summed E-state index contributed by atoms with van der Waals surface area (Å²) >= 11 is 0. The molecule has 6 heteroatoms. The van der Waals surface area contributed by atoms with Crippen LogP contribution in [0, 0.1) is 6.20 Å². The van der Waals surface area contributed by atoms with Crippen molar-refractivity contribution in [3.63, 3.8) is 0 Å². The molecular formula is C16H28N5O. The van der Waals surface area contributed by atoms with Crippen LogP contribution in [0.1, 0.15) is 13.8 Å². The fraction of sp³-hybridized carbons (Fsp3) is 0.812. The molecule has 0 aromatic heterocycles. The summed E-state index contributed by atoms with van der Waals surface area (Å²) in [6, 6.07) is 0.630. The second kappa shape index (κ2) is 7.44. The average molecular weight is 306 g/mol. The lowest BCUT2D eigenvalue weighted by atomic mass is 10.2. The number of nitrogens with zero attached hydrogens (tertiary/aromatic N) is 4. The smallest absolute Gasteiger partial charge is 0.154 e. The number of morpholine rings is 1. The number of hydrogen-bond acceptors (Lipinski definition) is 6. The predicted molar refractivity (Wildman–Crippen MR) is 87.7 cm³/mol. The molecule has 2 saturated heterocycles. The van der Waals surface area contributed by atoms with E-state index in [0.29, 0.717) is 6.04 Å². The third-order valence-corrected chi connectivity index (χ3v) is 4.61. The number of nitrogens with one attached hydrogen (secondary N) is 1. The van der Waals surface area contributed by atoms with Crippen molar-refractivity contribution in [2.24, 2.45) is 4.99 Å². The Kier molecular flexibility index (Phi) is 5.33. The van der Waals surface area contributed by atoms with Crippen LogP contribution < -0.4 is 5.32 Å². The minimum atomic E-state index is 0.630. The lowest BCUT2D eigenvalue weighted by Crippen LogP contribution is -2.49. The predicted octanol–water partition coefficient (Wildman–Crippen LogP) is -0.00911. The first-order chi connectivity index (χ1) is 10.7.